The number of ether oxygens (including phenoxy) is 1. The highest BCUT2D eigenvalue weighted by molar-refractivity contribution is 8.00. The molecule has 0 spiro atoms. The lowest BCUT2D eigenvalue weighted by Gasteiger charge is -2.26. The number of carbonyl (C=O) groups excluding carboxylic acids is 1. The standard InChI is InChI=1S/C14H20N2O2S/c1-15-10-12-3-2-4-13(9-12)19-11-14(17)16-5-7-18-8-6-16/h2-4,9,15H,5-8,10-11H2,1H3. The van der Waals surface area contributed by atoms with Crippen molar-refractivity contribution in [1.29, 1.82) is 0 Å². The van der Waals surface area contributed by atoms with E-state index in [1.807, 2.05) is 18.0 Å². The maximum Gasteiger partial charge on any atom is 0.233 e. The second kappa shape index (κ2) is 7.53. The molecule has 4 nitrogen and oxygen atoms in total. The maximum atomic E-state index is 12.0. The molecule has 1 N–H and O–H groups in total. The molecule has 1 fully saturated rings. The fraction of sp³-hybridized carbons (Fsp3) is 0.500. The Labute approximate surface area is 118 Å². The van der Waals surface area contributed by atoms with E-state index in [1.54, 1.807) is 11.8 Å². The average Bonchev–Trinajstić information content (AvgIpc) is 2.46. The summed E-state index contributed by atoms with van der Waals surface area (Å²) >= 11 is 1.60. The van der Waals surface area contributed by atoms with Gasteiger partial charge >= 0.3 is 0 Å². The third-order valence-electron chi connectivity index (χ3n) is 3.01. The molecule has 0 aliphatic carbocycles. The van der Waals surface area contributed by atoms with Gasteiger partial charge in [0, 0.05) is 24.5 Å². The quantitative estimate of drug-likeness (QED) is 0.827. The van der Waals surface area contributed by atoms with Gasteiger partial charge in [0.2, 0.25) is 5.91 Å². The zero-order valence-electron chi connectivity index (χ0n) is 11.2. The van der Waals surface area contributed by atoms with Crippen LogP contribution in [0.5, 0.6) is 0 Å². The van der Waals surface area contributed by atoms with E-state index >= 15 is 0 Å². The molecule has 1 heterocycles. The summed E-state index contributed by atoms with van der Waals surface area (Å²) in [5, 5.41) is 3.13. The van der Waals surface area contributed by atoms with Crippen molar-refractivity contribution in [3.63, 3.8) is 0 Å². The van der Waals surface area contributed by atoms with Crippen molar-refractivity contribution in [3.8, 4) is 0 Å². The molecule has 0 unspecified atom stereocenters. The summed E-state index contributed by atoms with van der Waals surface area (Å²) in [7, 11) is 1.93. The number of rotatable bonds is 5. The van der Waals surface area contributed by atoms with Crippen LogP contribution in [0.25, 0.3) is 0 Å². The van der Waals surface area contributed by atoms with Crippen LogP contribution in [0.4, 0.5) is 0 Å². The first kappa shape index (κ1) is 14.4. The average molecular weight is 280 g/mol. The smallest absolute Gasteiger partial charge is 0.233 e. The molecule has 0 aromatic heterocycles. The predicted molar refractivity (Wildman–Crippen MR) is 77.3 cm³/mol. The summed E-state index contributed by atoms with van der Waals surface area (Å²) in [4.78, 5) is 15.0. The van der Waals surface area contributed by atoms with E-state index in [1.165, 1.54) is 5.56 Å². The lowest BCUT2D eigenvalue weighted by Crippen LogP contribution is -2.41. The molecular formula is C14H20N2O2S. The molecule has 0 atom stereocenters. The first-order chi connectivity index (χ1) is 9.29. The molecule has 104 valence electrons. The van der Waals surface area contributed by atoms with E-state index in [2.05, 4.69) is 23.5 Å². The van der Waals surface area contributed by atoms with Gasteiger partial charge in [0.15, 0.2) is 0 Å². The number of hydrogen-bond acceptors (Lipinski definition) is 4. The van der Waals surface area contributed by atoms with E-state index in [4.69, 9.17) is 4.74 Å². The largest absolute Gasteiger partial charge is 0.378 e. The molecular weight excluding hydrogens is 260 g/mol. The number of thioether (sulfide) groups is 1. The monoisotopic (exact) mass is 280 g/mol. The Morgan fingerprint density at radius 1 is 1.42 bits per heavy atom. The molecule has 0 radical (unpaired) electrons. The molecule has 0 bridgehead atoms. The maximum absolute atomic E-state index is 12.0. The van der Waals surface area contributed by atoms with Gasteiger partial charge in [0.1, 0.15) is 0 Å². The minimum atomic E-state index is 0.201. The Morgan fingerprint density at radius 2 is 2.21 bits per heavy atom. The molecule has 2 rings (SSSR count). The van der Waals surface area contributed by atoms with Crippen LogP contribution in [0.3, 0.4) is 0 Å². The first-order valence-electron chi connectivity index (χ1n) is 6.51. The molecule has 1 aliphatic heterocycles. The molecule has 1 saturated heterocycles. The number of hydrogen-bond donors (Lipinski definition) is 1. The normalized spacial score (nSPS) is 15.5. The second-order valence-corrected chi connectivity index (χ2v) is 5.51. The van der Waals surface area contributed by atoms with Crippen molar-refractivity contribution >= 4 is 17.7 Å². The fourth-order valence-corrected chi connectivity index (χ4v) is 2.88. The third kappa shape index (κ3) is 4.53. The summed E-state index contributed by atoms with van der Waals surface area (Å²) in [6.07, 6.45) is 0. The van der Waals surface area contributed by atoms with Crippen LogP contribution in [0, 0.1) is 0 Å². The minimum absolute atomic E-state index is 0.201. The molecule has 0 saturated carbocycles. The van der Waals surface area contributed by atoms with E-state index < -0.39 is 0 Å². The van der Waals surface area contributed by atoms with Crippen molar-refractivity contribution in [2.24, 2.45) is 0 Å². The molecule has 19 heavy (non-hydrogen) atoms. The zero-order valence-corrected chi connectivity index (χ0v) is 12.0. The van der Waals surface area contributed by atoms with Gasteiger partial charge in [-0.25, -0.2) is 0 Å². The molecule has 1 amide bonds. The number of benzene rings is 1. The van der Waals surface area contributed by atoms with Crippen LogP contribution < -0.4 is 5.32 Å². The first-order valence-corrected chi connectivity index (χ1v) is 7.50. The second-order valence-electron chi connectivity index (χ2n) is 4.46. The highest BCUT2D eigenvalue weighted by Crippen LogP contribution is 2.19. The molecule has 1 aromatic carbocycles. The molecule has 1 aliphatic rings. The van der Waals surface area contributed by atoms with Crippen molar-refractivity contribution < 1.29 is 9.53 Å². The topological polar surface area (TPSA) is 41.6 Å². The third-order valence-corrected chi connectivity index (χ3v) is 3.98. The number of nitrogens with one attached hydrogen (secondary N) is 1. The van der Waals surface area contributed by atoms with Crippen LogP contribution in [0.2, 0.25) is 0 Å². The van der Waals surface area contributed by atoms with Gasteiger partial charge in [-0.1, -0.05) is 12.1 Å². The Balaban J connectivity index is 1.83. The van der Waals surface area contributed by atoms with Crippen molar-refractivity contribution in [2.75, 3.05) is 39.1 Å². The summed E-state index contributed by atoms with van der Waals surface area (Å²) in [5.41, 5.74) is 1.24. The van der Waals surface area contributed by atoms with Crippen molar-refractivity contribution in [1.82, 2.24) is 10.2 Å². The number of carbonyl (C=O) groups is 1. The van der Waals surface area contributed by atoms with Gasteiger partial charge < -0.3 is 15.0 Å². The lowest BCUT2D eigenvalue weighted by molar-refractivity contribution is -0.132. The summed E-state index contributed by atoms with van der Waals surface area (Å²) in [5.74, 6) is 0.704. The van der Waals surface area contributed by atoms with E-state index in [0.717, 1.165) is 24.5 Å². The Kier molecular flexibility index (Phi) is 5.69. The Hall–Kier alpha value is -1.04. The van der Waals surface area contributed by atoms with Crippen LogP contribution in [-0.2, 0) is 16.1 Å². The zero-order chi connectivity index (χ0) is 13.5. The van der Waals surface area contributed by atoms with E-state index in [-0.39, 0.29) is 5.91 Å². The summed E-state index contributed by atoms with van der Waals surface area (Å²) in [6, 6.07) is 8.31. The highest BCUT2D eigenvalue weighted by Gasteiger charge is 2.16. The number of morpholine rings is 1. The van der Waals surface area contributed by atoms with Crippen LogP contribution in [0.1, 0.15) is 5.56 Å². The van der Waals surface area contributed by atoms with Gasteiger partial charge in [0.05, 0.1) is 19.0 Å². The lowest BCUT2D eigenvalue weighted by atomic mass is 10.2. The minimum Gasteiger partial charge on any atom is -0.378 e. The predicted octanol–water partition coefficient (Wildman–Crippen LogP) is 1.36. The fourth-order valence-electron chi connectivity index (χ4n) is 2.00. The summed E-state index contributed by atoms with van der Waals surface area (Å²) in [6.45, 7) is 3.62. The van der Waals surface area contributed by atoms with Gasteiger partial charge in [0.25, 0.3) is 0 Å². The Bertz CT molecular complexity index is 420. The summed E-state index contributed by atoms with van der Waals surface area (Å²) < 4.78 is 5.25. The van der Waals surface area contributed by atoms with Gasteiger partial charge in [-0.2, -0.15) is 0 Å². The van der Waals surface area contributed by atoms with Gasteiger partial charge in [-0.05, 0) is 24.7 Å². The van der Waals surface area contributed by atoms with Gasteiger partial charge in [-0.15, -0.1) is 11.8 Å². The number of nitrogens with zero attached hydrogens (tertiary/aromatic N) is 1. The molecule has 1 aromatic rings. The van der Waals surface area contributed by atoms with E-state index in [9.17, 15) is 4.79 Å². The Morgan fingerprint density at radius 3 is 2.95 bits per heavy atom. The van der Waals surface area contributed by atoms with Crippen LogP contribution >= 0.6 is 11.8 Å². The highest BCUT2D eigenvalue weighted by atomic mass is 32.2. The van der Waals surface area contributed by atoms with E-state index in [0.29, 0.717) is 19.0 Å². The van der Waals surface area contributed by atoms with Crippen LogP contribution in [0.15, 0.2) is 29.2 Å². The van der Waals surface area contributed by atoms with Crippen molar-refractivity contribution in [2.45, 2.75) is 11.4 Å². The SMILES string of the molecule is CNCc1cccc(SCC(=O)N2CCOCC2)c1. The van der Waals surface area contributed by atoms with Gasteiger partial charge in [-0.3, -0.25) is 4.79 Å². The molecule has 5 heteroatoms. The van der Waals surface area contributed by atoms with Crippen LogP contribution in [-0.4, -0.2) is 49.9 Å². The van der Waals surface area contributed by atoms with Crippen molar-refractivity contribution in [3.05, 3.63) is 29.8 Å². The number of amides is 1.